The number of hydrogen-bond acceptors (Lipinski definition) is 4. The number of aromatic hydroxyl groups is 1. The number of nitrogens with zero attached hydrogens (tertiary/aromatic N) is 3. The van der Waals surface area contributed by atoms with Gasteiger partial charge in [0.25, 0.3) is 0 Å². The molecule has 6 rings (SSSR count). The molecule has 170 valence electrons. The Bertz CT molecular complexity index is 1670. The number of phenolic OH excluding ortho intramolecular Hbond substituents is 1. The van der Waals surface area contributed by atoms with Gasteiger partial charge in [-0.25, -0.2) is 9.97 Å². The molecule has 0 aliphatic carbocycles. The van der Waals surface area contributed by atoms with Gasteiger partial charge in [0, 0.05) is 50.0 Å². The molecule has 0 aliphatic rings. The molecule has 0 saturated heterocycles. The number of pyridine rings is 2. The number of hydrogen-bond donors (Lipinski definition) is 1. The van der Waals surface area contributed by atoms with Gasteiger partial charge in [0.05, 0.1) is 0 Å². The Balaban J connectivity index is 0.00000241. The number of aromatic nitrogens is 3. The van der Waals surface area contributed by atoms with Crippen molar-refractivity contribution < 1.29 is 30.9 Å². The van der Waals surface area contributed by atoms with Crippen LogP contribution in [-0.2, 0) is 21.1 Å². The number of benzene rings is 3. The van der Waals surface area contributed by atoms with Crippen molar-refractivity contribution in [1.82, 2.24) is 14.5 Å². The predicted octanol–water partition coefficient (Wildman–Crippen LogP) is 6.64. The van der Waals surface area contributed by atoms with Gasteiger partial charge in [-0.05, 0) is 60.7 Å². The fraction of sp³-hybridized carbons (Fsp3) is 0.0714. The third kappa shape index (κ3) is 3.72. The number of phenols is 1. The molecule has 0 aliphatic heterocycles. The maximum Gasteiger partial charge on any atom is 0.217 e. The molecule has 3 aromatic heterocycles. The van der Waals surface area contributed by atoms with Crippen LogP contribution >= 0.6 is 0 Å². The van der Waals surface area contributed by atoms with Crippen LogP contribution in [-0.4, -0.2) is 19.6 Å². The molecule has 0 spiro atoms. The quantitative estimate of drug-likeness (QED) is 0.224. The van der Waals surface area contributed by atoms with Crippen LogP contribution in [0.1, 0.15) is 11.1 Å². The van der Waals surface area contributed by atoms with Crippen molar-refractivity contribution >= 4 is 32.7 Å². The molecule has 3 heterocycles. The van der Waals surface area contributed by atoms with E-state index in [0.29, 0.717) is 17.1 Å². The zero-order valence-corrected chi connectivity index (χ0v) is 20.8. The number of para-hydroxylation sites is 1. The molecule has 0 atom stereocenters. The second kappa shape index (κ2) is 8.58. The molecular formula is C28H20N3O2Pt-. The SMILES string of the molecule is Cc1ccc(-n2c3[c-]c(Oc4ccc5cc(C)cc(O)c5n4)ccc3c3ccccc32)nc1.[Pt]. The summed E-state index contributed by atoms with van der Waals surface area (Å²) in [6.07, 6.45) is 1.86. The Morgan fingerprint density at radius 3 is 2.56 bits per heavy atom. The molecule has 34 heavy (non-hydrogen) atoms. The summed E-state index contributed by atoms with van der Waals surface area (Å²) in [5.74, 6) is 1.90. The van der Waals surface area contributed by atoms with Gasteiger partial charge in [0.15, 0.2) is 0 Å². The smallest absolute Gasteiger partial charge is 0.217 e. The molecule has 3 aromatic carbocycles. The van der Waals surface area contributed by atoms with Crippen molar-refractivity contribution in [3.8, 4) is 23.2 Å². The number of aryl methyl sites for hydroxylation is 2. The Morgan fingerprint density at radius 1 is 0.882 bits per heavy atom. The fourth-order valence-corrected chi connectivity index (χ4v) is 4.28. The van der Waals surface area contributed by atoms with Crippen molar-refractivity contribution in [1.29, 1.82) is 0 Å². The molecular weight excluding hydrogens is 605 g/mol. The summed E-state index contributed by atoms with van der Waals surface area (Å²) < 4.78 is 8.17. The second-order valence-electron chi connectivity index (χ2n) is 8.24. The van der Waals surface area contributed by atoms with Crippen molar-refractivity contribution in [2.75, 3.05) is 0 Å². The Labute approximate surface area is 210 Å². The van der Waals surface area contributed by atoms with Crippen molar-refractivity contribution in [2.24, 2.45) is 0 Å². The Kier molecular flexibility index (Phi) is 5.58. The van der Waals surface area contributed by atoms with Crippen LogP contribution in [0.3, 0.4) is 0 Å². The van der Waals surface area contributed by atoms with Crippen LogP contribution < -0.4 is 4.74 Å². The van der Waals surface area contributed by atoms with Gasteiger partial charge >= 0.3 is 0 Å². The monoisotopic (exact) mass is 625 g/mol. The third-order valence-electron chi connectivity index (χ3n) is 5.79. The first-order valence-corrected chi connectivity index (χ1v) is 10.7. The van der Waals surface area contributed by atoms with E-state index in [1.165, 1.54) is 0 Å². The van der Waals surface area contributed by atoms with E-state index in [2.05, 4.69) is 38.8 Å². The zero-order valence-electron chi connectivity index (χ0n) is 18.5. The maximum atomic E-state index is 10.3. The second-order valence-corrected chi connectivity index (χ2v) is 8.24. The minimum atomic E-state index is 0. The number of rotatable bonds is 3. The van der Waals surface area contributed by atoms with Crippen molar-refractivity contribution in [3.05, 3.63) is 96.2 Å². The van der Waals surface area contributed by atoms with Crippen molar-refractivity contribution in [3.63, 3.8) is 0 Å². The molecule has 5 nitrogen and oxygen atoms in total. The van der Waals surface area contributed by atoms with E-state index in [9.17, 15) is 5.11 Å². The van der Waals surface area contributed by atoms with E-state index >= 15 is 0 Å². The van der Waals surface area contributed by atoms with Gasteiger partial charge in [-0.1, -0.05) is 29.8 Å². The van der Waals surface area contributed by atoms with Gasteiger partial charge < -0.3 is 14.4 Å². The summed E-state index contributed by atoms with van der Waals surface area (Å²) in [6, 6.07) is 27.0. The van der Waals surface area contributed by atoms with Gasteiger partial charge in [-0.15, -0.1) is 17.5 Å². The molecule has 1 N–H and O–H groups in total. The summed E-state index contributed by atoms with van der Waals surface area (Å²) >= 11 is 0. The standard InChI is InChI=1S/C28H20N3O2.Pt/c1-17-7-11-26(29-16-17)31-23-6-4-3-5-21(23)22-10-9-20(15-24(22)31)33-27-12-8-19-13-18(2)14-25(32)28(19)30-27;/h3-14,16,32H,1-2H3;/q-1;. The summed E-state index contributed by atoms with van der Waals surface area (Å²) in [4.78, 5) is 9.16. The van der Waals surface area contributed by atoms with Crippen LogP contribution in [0.2, 0.25) is 0 Å². The topological polar surface area (TPSA) is 60.2 Å². The molecule has 0 saturated carbocycles. The zero-order chi connectivity index (χ0) is 22.5. The molecule has 0 bridgehead atoms. The van der Waals surface area contributed by atoms with Crippen LogP contribution in [0.4, 0.5) is 0 Å². The first-order valence-electron chi connectivity index (χ1n) is 10.7. The first kappa shape index (κ1) is 22.1. The van der Waals surface area contributed by atoms with Gasteiger partial charge in [-0.3, -0.25) is 0 Å². The van der Waals surface area contributed by atoms with Gasteiger partial charge in [0.2, 0.25) is 5.88 Å². The minimum Gasteiger partial charge on any atom is -0.506 e. The minimum absolute atomic E-state index is 0. The van der Waals surface area contributed by atoms with E-state index in [0.717, 1.165) is 44.1 Å². The van der Waals surface area contributed by atoms with Crippen molar-refractivity contribution in [2.45, 2.75) is 13.8 Å². The predicted molar refractivity (Wildman–Crippen MR) is 130 cm³/mol. The van der Waals surface area contributed by atoms with E-state index in [1.54, 1.807) is 12.1 Å². The number of ether oxygens (including phenoxy) is 1. The van der Waals surface area contributed by atoms with Crippen LogP contribution in [0.15, 0.2) is 79.0 Å². The van der Waals surface area contributed by atoms with E-state index < -0.39 is 0 Å². The normalized spacial score (nSPS) is 11.1. The van der Waals surface area contributed by atoms with Gasteiger partial charge in [0.1, 0.15) is 17.1 Å². The maximum absolute atomic E-state index is 10.3. The largest absolute Gasteiger partial charge is 0.506 e. The molecule has 6 aromatic rings. The first-order chi connectivity index (χ1) is 16.1. The average Bonchev–Trinajstić information content (AvgIpc) is 3.14. The molecule has 0 radical (unpaired) electrons. The summed E-state index contributed by atoms with van der Waals surface area (Å²) in [7, 11) is 0. The molecule has 0 amide bonds. The Morgan fingerprint density at radius 2 is 1.74 bits per heavy atom. The Hall–Kier alpha value is -3.69. The number of fused-ring (bicyclic) bond motifs is 4. The molecule has 0 fully saturated rings. The summed E-state index contributed by atoms with van der Waals surface area (Å²) in [6.45, 7) is 3.96. The van der Waals surface area contributed by atoms with E-state index in [4.69, 9.17) is 4.74 Å². The molecule has 6 heteroatoms. The van der Waals surface area contributed by atoms with Gasteiger partial charge in [-0.2, -0.15) is 6.07 Å². The van der Waals surface area contributed by atoms with Crippen LogP contribution in [0.25, 0.3) is 38.5 Å². The van der Waals surface area contributed by atoms with Crippen LogP contribution in [0, 0.1) is 19.9 Å². The fourth-order valence-electron chi connectivity index (χ4n) is 4.28. The molecule has 0 unspecified atom stereocenters. The van der Waals surface area contributed by atoms with Crippen LogP contribution in [0.5, 0.6) is 17.4 Å². The van der Waals surface area contributed by atoms with E-state index in [-0.39, 0.29) is 26.8 Å². The third-order valence-corrected chi connectivity index (χ3v) is 5.79. The van der Waals surface area contributed by atoms with E-state index in [1.807, 2.05) is 62.5 Å². The summed E-state index contributed by atoms with van der Waals surface area (Å²) in [5.41, 5.74) is 4.53. The average molecular weight is 626 g/mol. The summed E-state index contributed by atoms with van der Waals surface area (Å²) in [5, 5.41) is 13.4.